The molecule has 0 saturated carbocycles. The Morgan fingerprint density at radius 2 is 1.50 bits per heavy atom. The molecule has 0 aliphatic heterocycles. The number of carbonyl (C=O) groups is 2. The predicted molar refractivity (Wildman–Crippen MR) is 115 cm³/mol. The van der Waals surface area contributed by atoms with Crippen LogP contribution < -0.4 is 9.47 Å². The molecule has 2 aromatic carbocycles. The van der Waals surface area contributed by atoms with E-state index < -0.39 is 0 Å². The first kappa shape index (κ1) is 21.5. The molecule has 0 bridgehead atoms. The summed E-state index contributed by atoms with van der Waals surface area (Å²) in [7, 11) is 2.88. The van der Waals surface area contributed by atoms with E-state index in [1.54, 1.807) is 36.4 Å². The van der Waals surface area contributed by atoms with Gasteiger partial charge >= 0.3 is 0 Å². The molecule has 0 aromatic heterocycles. The number of benzene rings is 2. The van der Waals surface area contributed by atoms with Crippen LogP contribution in [0.25, 0.3) is 12.2 Å². The lowest BCUT2D eigenvalue weighted by atomic mass is 10.1. The Labute approximate surface area is 176 Å². The molecule has 0 fully saturated rings. The van der Waals surface area contributed by atoms with Crippen molar-refractivity contribution < 1.29 is 29.3 Å². The summed E-state index contributed by atoms with van der Waals surface area (Å²) in [4.78, 5) is 24.0. The number of hydrogen-bond acceptors (Lipinski definition) is 6. The first-order valence-corrected chi connectivity index (χ1v) is 9.27. The van der Waals surface area contributed by atoms with Gasteiger partial charge in [0.05, 0.1) is 24.2 Å². The third-order valence-electron chi connectivity index (χ3n) is 3.75. The maximum absolute atomic E-state index is 12.0. The Bertz CT molecular complexity index is 946. The van der Waals surface area contributed by atoms with Gasteiger partial charge in [0.15, 0.2) is 34.6 Å². The van der Waals surface area contributed by atoms with E-state index in [9.17, 15) is 19.8 Å². The number of phenolic OH excluding ortho intramolecular Hbond substituents is 2. The van der Waals surface area contributed by atoms with E-state index in [1.165, 1.54) is 32.4 Å². The van der Waals surface area contributed by atoms with E-state index in [2.05, 4.69) is 0 Å². The lowest BCUT2D eigenvalue weighted by molar-refractivity contribution is -0.121. The monoisotopic (exact) mass is 494 g/mol. The van der Waals surface area contributed by atoms with E-state index in [0.29, 0.717) is 26.2 Å². The molecule has 0 atom stereocenters. The van der Waals surface area contributed by atoms with Gasteiger partial charge in [-0.3, -0.25) is 9.59 Å². The van der Waals surface area contributed by atoms with Crippen molar-refractivity contribution in [1.82, 2.24) is 0 Å². The molecular formula is C21H19IO6. The fourth-order valence-corrected chi connectivity index (χ4v) is 2.94. The Kier molecular flexibility index (Phi) is 7.62. The molecule has 2 aromatic rings. The summed E-state index contributed by atoms with van der Waals surface area (Å²) in [6, 6.07) is 7.97. The number of carbonyl (C=O) groups excluding carboxylic acids is 2. The number of ketones is 2. The molecule has 0 heterocycles. The molecule has 0 aliphatic carbocycles. The zero-order valence-electron chi connectivity index (χ0n) is 15.3. The number of ether oxygens (including phenoxy) is 2. The van der Waals surface area contributed by atoms with Crippen LogP contribution in [0.5, 0.6) is 23.0 Å². The minimum Gasteiger partial charge on any atom is -0.504 e. The van der Waals surface area contributed by atoms with Crippen molar-refractivity contribution >= 4 is 46.3 Å². The largest absolute Gasteiger partial charge is 0.504 e. The fraction of sp³-hybridized carbons (Fsp3) is 0.143. The SMILES string of the molecule is COc1cc(/C=C/C(=O)CC(=O)/C=C/c2cc(I)c(O)c(OC)c2)ccc1O. The average Bonchev–Trinajstić information content (AvgIpc) is 2.68. The van der Waals surface area contributed by atoms with Crippen LogP contribution in [-0.4, -0.2) is 36.0 Å². The topological polar surface area (TPSA) is 93.1 Å². The lowest BCUT2D eigenvalue weighted by Gasteiger charge is -2.06. The van der Waals surface area contributed by atoms with Gasteiger partial charge in [0.25, 0.3) is 0 Å². The fourth-order valence-electron chi connectivity index (χ4n) is 2.31. The van der Waals surface area contributed by atoms with Crippen LogP contribution in [-0.2, 0) is 9.59 Å². The highest BCUT2D eigenvalue weighted by Gasteiger charge is 2.08. The predicted octanol–water partition coefficient (Wildman–Crippen LogP) is 3.97. The summed E-state index contributed by atoms with van der Waals surface area (Å²) in [5.74, 6) is -0.0426. The zero-order chi connectivity index (χ0) is 20.7. The summed E-state index contributed by atoms with van der Waals surface area (Å²) in [6.07, 6.45) is 5.47. The van der Waals surface area contributed by atoms with Crippen LogP contribution >= 0.6 is 22.6 Å². The molecule has 0 radical (unpaired) electrons. The van der Waals surface area contributed by atoms with Crippen molar-refractivity contribution in [2.24, 2.45) is 0 Å². The standard InChI is InChI=1S/C21H19IO6/c1-27-19-10-13(5-8-18(19)25)3-6-15(23)12-16(24)7-4-14-9-17(22)21(26)20(11-14)28-2/h3-11,25-26H,12H2,1-2H3/b6-3+,7-4+. The molecule has 6 nitrogen and oxygen atoms in total. The van der Waals surface area contributed by atoms with Crippen molar-refractivity contribution in [1.29, 1.82) is 0 Å². The van der Waals surface area contributed by atoms with Gasteiger partial charge in [-0.05, 0) is 70.1 Å². The number of methoxy groups -OCH3 is 2. The summed E-state index contributed by atoms with van der Waals surface area (Å²) < 4.78 is 10.7. The van der Waals surface area contributed by atoms with E-state index in [-0.39, 0.29) is 29.5 Å². The Balaban J connectivity index is 2.00. The van der Waals surface area contributed by atoms with Gasteiger partial charge in [-0.1, -0.05) is 18.2 Å². The highest BCUT2D eigenvalue weighted by atomic mass is 127. The highest BCUT2D eigenvalue weighted by Crippen LogP contribution is 2.32. The zero-order valence-corrected chi connectivity index (χ0v) is 17.5. The Morgan fingerprint density at radius 1 is 0.929 bits per heavy atom. The molecule has 2 rings (SSSR count). The minimum absolute atomic E-state index is 0.00631. The number of phenols is 2. The minimum atomic E-state index is -0.348. The quantitative estimate of drug-likeness (QED) is 0.328. The molecule has 146 valence electrons. The summed E-state index contributed by atoms with van der Waals surface area (Å²) in [5.41, 5.74) is 1.34. The van der Waals surface area contributed by atoms with Gasteiger partial charge in [-0.15, -0.1) is 0 Å². The van der Waals surface area contributed by atoms with Gasteiger partial charge in [0.1, 0.15) is 0 Å². The second-order valence-corrected chi connectivity index (χ2v) is 6.92. The molecule has 0 saturated heterocycles. The second-order valence-electron chi connectivity index (χ2n) is 5.76. The Morgan fingerprint density at radius 3 is 2.11 bits per heavy atom. The van der Waals surface area contributed by atoms with Crippen molar-refractivity contribution in [3.8, 4) is 23.0 Å². The van der Waals surface area contributed by atoms with Crippen molar-refractivity contribution in [3.63, 3.8) is 0 Å². The van der Waals surface area contributed by atoms with Crippen LogP contribution in [0, 0.1) is 3.57 Å². The van der Waals surface area contributed by atoms with Gasteiger partial charge in [0.2, 0.25) is 0 Å². The van der Waals surface area contributed by atoms with Gasteiger partial charge in [-0.2, -0.15) is 0 Å². The van der Waals surface area contributed by atoms with Crippen LogP contribution in [0.2, 0.25) is 0 Å². The number of aromatic hydroxyl groups is 2. The van der Waals surface area contributed by atoms with Crippen LogP contribution in [0.1, 0.15) is 17.5 Å². The van der Waals surface area contributed by atoms with E-state index >= 15 is 0 Å². The van der Waals surface area contributed by atoms with Crippen LogP contribution in [0.15, 0.2) is 42.5 Å². The van der Waals surface area contributed by atoms with E-state index in [1.807, 2.05) is 22.6 Å². The molecule has 0 aliphatic rings. The maximum Gasteiger partial charge on any atom is 0.171 e. The second kappa shape index (κ2) is 9.93. The molecule has 0 unspecified atom stereocenters. The van der Waals surface area contributed by atoms with Crippen molar-refractivity contribution in [3.05, 3.63) is 57.2 Å². The van der Waals surface area contributed by atoms with E-state index in [0.717, 1.165) is 0 Å². The number of hydrogen-bond donors (Lipinski definition) is 2. The number of allylic oxidation sites excluding steroid dienone is 2. The first-order valence-electron chi connectivity index (χ1n) is 8.19. The molecule has 0 spiro atoms. The van der Waals surface area contributed by atoms with Gasteiger partial charge < -0.3 is 19.7 Å². The summed E-state index contributed by atoms with van der Waals surface area (Å²) in [6.45, 7) is 0. The van der Waals surface area contributed by atoms with Crippen molar-refractivity contribution in [2.45, 2.75) is 6.42 Å². The van der Waals surface area contributed by atoms with Gasteiger partial charge in [0, 0.05) is 0 Å². The third kappa shape index (κ3) is 5.85. The normalized spacial score (nSPS) is 11.1. The smallest absolute Gasteiger partial charge is 0.171 e. The van der Waals surface area contributed by atoms with Crippen LogP contribution in [0.4, 0.5) is 0 Å². The van der Waals surface area contributed by atoms with Crippen LogP contribution in [0.3, 0.4) is 0 Å². The molecule has 0 amide bonds. The third-order valence-corrected chi connectivity index (χ3v) is 4.57. The number of halogens is 1. The molecule has 28 heavy (non-hydrogen) atoms. The molecule has 7 heteroatoms. The van der Waals surface area contributed by atoms with Crippen molar-refractivity contribution in [2.75, 3.05) is 14.2 Å². The Hall–Kier alpha value is -2.81. The summed E-state index contributed by atoms with van der Waals surface area (Å²) in [5, 5.41) is 19.4. The average molecular weight is 494 g/mol. The summed E-state index contributed by atoms with van der Waals surface area (Å²) >= 11 is 1.96. The number of rotatable bonds is 8. The highest BCUT2D eigenvalue weighted by molar-refractivity contribution is 14.1. The maximum atomic E-state index is 12.0. The first-order chi connectivity index (χ1) is 13.3. The van der Waals surface area contributed by atoms with E-state index in [4.69, 9.17) is 9.47 Å². The molecule has 2 N–H and O–H groups in total. The lowest BCUT2D eigenvalue weighted by Crippen LogP contribution is -2.02. The van der Waals surface area contributed by atoms with Gasteiger partial charge in [-0.25, -0.2) is 0 Å². The molecular weight excluding hydrogens is 475 g/mol.